The van der Waals surface area contributed by atoms with Crippen LogP contribution >= 0.6 is 0 Å². The first-order valence-corrected chi connectivity index (χ1v) is 17.0. The highest BCUT2D eigenvalue weighted by molar-refractivity contribution is 6.30. The van der Waals surface area contributed by atoms with Crippen molar-refractivity contribution in [2.75, 3.05) is 60.8 Å². The maximum absolute atomic E-state index is 14.7. The second kappa shape index (κ2) is 10.5. The third-order valence-electron chi connectivity index (χ3n) is 12.4. The Morgan fingerprint density at radius 3 is 2.17 bits per heavy atom. The fourth-order valence-corrected chi connectivity index (χ4v) is 10.7. The summed E-state index contributed by atoms with van der Waals surface area (Å²) in [5.41, 5.74) is 1.84. The number of ether oxygens (including phenoxy) is 2. The van der Waals surface area contributed by atoms with Crippen molar-refractivity contribution < 1.29 is 28.8 Å². The Morgan fingerprint density at radius 2 is 1.51 bits per heavy atom. The van der Waals surface area contributed by atoms with E-state index in [1.807, 2.05) is 28.0 Å². The topological polar surface area (TPSA) is 135 Å². The third kappa shape index (κ3) is 4.29. The summed E-state index contributed by atoms with van der Waals surface area (Å²) in [5.74, 6) is 1.05. The lowest BCUT2D eigenvalue weighted by molar-refractivity contribution is -0.384. The summed E-state index contributed by atoms with van der Waals surface area (Å²) in [5, 5.41) is 14.8. The summed E-state index contributed by atoms with van der Waals surface area (Å²) in [7, 11) is 0. The SMILES string of the molecule is O=C1NC(=O)[C@]2(Cc3cc([N+](=O)[O-])c(N4CCOCC4)cc3N3CCOC[C@H]32)C(=O)N1c1ccc(C23CC4CC(CC(C4)C2)C3)cc1. The highest BCUT2D eigenvalue weighted by Gasteiger charge is 2.63. The molecule has 1 spiro atoms. The fourth-order valence-electron chi connectivity index (χ4n) is 10.7. The molecule has 0 aromatic heterocycles. The molecule has 47 heavy (non-hydrogen) atoms. The lowest BCUT2D eigenvalue weighted by Crippen LogP contribution is -2.74. The molecular weight excluding hydrogens is 602 g/mol. The van der Waals surface area contributed by atoms with Gasteiger partial charge in [-0.3, -0.25) is 25.0 Å². The largest absolute Gasteiger partial charge is 0.378 e. The van der Waals surface area contributed by atoms with E-state index in [0.29, 0.717) is 56.4 Å². The Bertz CT molecular complexity index is 1650. The van der Waals surface area contributed by atoms with Crippen LogP contribution < -0.4 is 20.0 Å². The van der Waals surface area contributed by atoms with E-state index in [1.54, 1.807) is 0 Å². The lowest BCUT2D eigenvalue weighted by atomic mass is 9.48. The van der Waals surface area contributed by atoms with Gasteiger partial charge in [-0.05, 0) is 91.0 Å². The van der Waals surface area contributed by atoms with Crippen LogP contribution in [0.4, 0.5) is 27.5 Å². The smallest absolute Gasteiger partial charge is 0.335 e. The van der Waals surface area contributed by atoms with Crippen molar-refractivity contribution in [1.82, 2.24) is 5.32 Å². The monoisotopic (exact) mass is 641 g/mol. The van der Waals surface area contributed by atoms with Crippen LogP contribution in [0.1, 0.15) is 49.7 Å². The number of carbonyl (C=O) groups excluding carboxylic acids is 3. The fraction of sp³-hybridized carbons (Fsp3) is 0.571. The number of fused-ring (bicyclic) bond motifs is 4. The van der Waals surface area contributed by atoms with Crippen molar-refractivity contribution in [1.29, 1.82) is 0 Å². The number of urea groups is 1. The zero-order chi connectivity index (χ0) is 32.1. The molecule has 4 aliphatic heterocycles. The maximum atomic E-state index is 14.7. The molecule has 4 amide bonds. The second-order valence-electron chi connectivity index (χ2n) is 14.9. The van der Waals surface area contributed by atoms with Gasteiger partial charge < -0.3 is 19.3 Å². The number of benzene rings is 2. The van der Waals surface area contributed by atoms with Crippen LogP contribution in [0.15, 0.2) is 36.4 Å². The van der Waals surface area contributed by atoms with Gasteiger partial charge in [-0.15, -0.1) is 0 Å². The van der Waals surface area contributed by atoms with Crippen molar-refractivity contribution >= 4 is 40.6 Å². The number of imide groups is 2. The number of rotatable bonds is 4. The van der Waals surface area contributed by atoms with Crippen LogP contribution in [-0.2, 0) is 30.9 Å². The van der Waals surface area contributed by atoms with Crippen LogP contribution in [-0.4, -0.2) is 74.9 Å². The van der Waals surface area contributed by atoms with E-state index in [0.717, 1.165) is 28.3 Å². The van der Waals surface area contributed by atoms with Crippen LogP contribution in [0.3, 0.4) is 0 Å². The molecule has 1 N–H and O–H groups in total. The summed E-state index contributed by atoms with van der Waals surface area (Å²) < 4.78 is 11.4. The normalized spacial score (nSPS) is 34.4. The van der Waals surface area contributed by atoms with Gasteiger partial charge in [-0.1, -0.05) is 12.1 Å². The molecule has 2 aromatic carbocycles. The lowest BCUT2D eigenvalue weighted by Gasteiger charge is -2.57. The molecule has 3 saturated heterocycles. The van der Waals surface area contributed by atoms with E-state index in [2.05, 4.69) is 17.4 Å². The van der Waals surface area contributed by atoms with Gasteiger partial charge in [-0.25, -0.2) is 9.69 Å². The van der Waals surface area contributed by atoms with Crippen LogP contribution in [0.5, 0.6) is 0 Å². The number of morpholine rings is 2. The summed E-state index contributed by atoms with van der Waals surface area (Å²) in [6.07, 6.45) is 7.56. The minimum Gasteiger partial charge on any atom is -0.378 e. The zero-order valence-electron chi connectivity index (χ0n) is 26.3. The maximum Gasteiger partial charge on any atom is 0.335 e. The van der Waals surface area contributed by atoms with Gasteiger partial charge in [0.1, 0.15) is 5.69 Å². The minimum atomic E-state index is -1.71. The van der Waals surface area contributed by atoms with Gasteiger partial charge in [0.15, 0.2) is 5.41 Å². The highest BCUT2D eigenvalue weighted by atomic mass is 16.6. The molecule has 12 heteroatoms. The van der Waals surface area contributed by atoms with Gasteiger partial charge in [-0.2, -0.15) is 0 Å². The Morgan fingerprint density at radius 1 is 0.851 bits per heavy atom. The zero-order valence-corrected chi connectivity index (χ0v) is 26.3. The Labute approximate surface area is 272 Å². The third-order valence-corrected chi connectivity index (χ3v) is 12.4. The first kappa shape index (κ1) is 29.1. The number of amides is 4. The molecule has 7 fully saturated rings. The van der Waals surface area contributed by atoms with E-state index in [4.69, 9.17) is 9.47 Å². The number of hydrogen-bond donors (Lipinski definition) is 1. The van der Waals surface area contributed by atoms with E-state index >= 15 is 0 Å². The summed E-state index contributed by atoms with van der Waals surface area (Å²) in [6.45, 7) is 2.87. The van der Waals surface area contributed by atoms with Crippen molar-refractivity contribution in [2.24, 2.45) is 23.2 Å². The molecule has 8 aliphatic rings. The summed E-state index contributed by atoms with van der Waals surface area (Å²) in [4.78, 5) is 59.1. The highest BCUT2D eigenvalue weighted by Crippen LogP contribution is 2.61. The van der Waals surface area contributed by atoms with Crippen LogP contribution in [0.2, 0.25) is 0 Å². The molecule has 4 aliphatic carbocycles. The minimum absolute atomic E-state index is 0.0793. The number of carbonyl (C=O) groups is 3. The first-order valence-electron chi connectivity index (χ1n) is 17.0. The molecule has 246 valence electrons. The Hall–Kier alpha value is -4.03. The quantitative estimate of drug-likeness (QED) is 0.299. The summed E-state index contributed by atoms with van der Waals surface area (Å²) in [6, 6.07) is 9.70. The van der Waals surface area contributed by atoms with Crippen molar-refractivity contribution in [2.45, 2.75) is 56.4 Å². The van der Waals surface area contributed by atoms with Crippen LogP contribution in [0.25, 0.3) is 0 Å². The molecule has 10 rings (SSSR count). The summed E-state index contributed by atoms with van der Waals surface area (Å²) >= 11 is 0. The predicted molar refractivity (Wildman–Crippen MR) is 172 cm³/mol. The van der Waals surface area contributed by atoms with E-state index in [1.165, 1.54) is 50.2 Å². The Kier molecular flexibility index (Phi) is 6.50. The van der Waals surface area contributed by atoms with Crippen molar-refractivity contribution in [3.05, 3.63) is 57.6 Å². The first-order chi connectivity index (χ1) is 22.8. The molecule has 0 radical (unpaired) electrons. The van der Waals surface area contributed by atoms with Gasteiger partial charge in [0.25, 0.3) is 11.6 Å². The Balaban J connectivity index is 1.09. The van der Waals surface area contributed by atoms with Crippen LogP contribution in [0, 0.1) is 33.3 Å². The van der Waals surface area contributed by atoms with E-state index in [-0.39, 0.29) is 24.1 Å². The van der Waals surface area contributed by atoms with Crippen molar-refractivity contribution in [3.8, 4) is 0 Å². The number of hydrogen-bond acceptors (Lipinski definition) is 9. The molecule has 2 atom stereocenters. The van der Waals surface area contributed by atoms with Gasteiger partial charge in [0.2, 0.25) is 5.91 Å². The number of nitro benzene ring substituents is 1. The molecule has 2 aromatic rings. The number of nitro groups is 1. The molecule has 0 unspecified atom stereocenters. The molecule has 4 saturated carbocycles. The van der Waals surface area contributed by atoms with Gasteiger partial charge in [0.05, 0.1) is 43.1 Å². The second-order valence-corrected chi connectivity index (χ2v) is 14.9. The predicted octanol–water partition coefficient (Wildman–Crippen LogP) is 3.93. The van der Waals surface area contributed by atoms with Gasteiger partial charge >= 0.3 is 6.03 Å². The molecule has 4 heterocycles. The van der Waals surface area contributed by atoms with Gasteiger partial charge in [0, 0.05) is 37.8 Å². The number of nitrogens with one attached hydrogen (secondary N) is 1. The average Bonchev–Trinajstić information content (AvgIpc) is 3.07. The van der Waals surface area contributed by atoms with E-state index < -0.39 is 34.2 Å². The molecular formula is C35H39N5O7. The van der Waals surface area contributed by atoms with E-state index in [9.17, 15) is 24.5 Å². The molecule has 4 bridgehead atoms. The van der Waals surface area contributed by atoms with Crippen molar-refractivity contribution in [3.63, 3.8) is 0 Å². The number of anilines is 3. The number of barbiturate groups is 1. The molecule has 12 nitrogen and oxygen atoms in total. The number of nitrogens with zero attached hydrogens (tertiary/aromatic N) is 4. The standard InChI is InChI=1S/C35H39N5O7/c41-31-35(19-24-14-29(40(44)45)28(37-5-8-46-9-6-37)15-27(24)38-7-10-47-20-30(35)38)32(42)39(33(43)36-31)26-3-1-25(2-4-26)34-16-21-11-22(17-34)13-23(12-21)18-34/h1-4,14-15,21-23,30H,5-13,16-20H2,(H,36,41,43)/t21?,22?,23?,30-,34?,35+/m0/s1. The average molecular weight is 642 g/mol.